The first-order valence-electron chi connectivity index (χ1n) is 12.2. The molecule has 2 aromatic carbocycles. The van der Waals surface area contributed by atoms with Gasteiger partial charge in [-0.15, -0.1) is 0 Å². The molecule has 226 valence electrons. The third kappa shape index (κ3) is 10.8. The molecule has 1 heterocycles. The molecule has 0 radical (unpaired) electrons. The van der Waals surface area contributed by atoms with Gasteiger partial charge in [0.2, 0.25) is 5.91 Å². The molecule has 0 spiro atoms. The molecule has 2 aromatic rings. The minimum absolute atomic E-state index is 0.0131. The molecular formula is C25H31ClF2N4O8S. The number of hydrogen-bond donors (Lipinski definition) is 4. The monoisotopic (exact) mass is 620 g/mol. The second kappa shape index (κ2) is 15.5. The van der Waals surface area contributed by atoms with E-state index in [4.69, 9.17) is 21.9 Å². The number of aliphatic hydroxyl groups is 1. The predicted octanol–water partition coefficient (Wildman–Crippen LogP) is 2.44. The average molecular weight is 621 g/mol. The van der Waals surface area contributed by atoms with Crippen LogP contribution in [-0.4, -0.2) is 72.7 Å². The summed E-state index contributed by atoms with van der Waals surface area (Å²) < 4.78 is 56.8. The van der Waals surface area contributed by atoms with Crippen LogP contribution in [0.5, 0.6) is 5.75 Å². The Bertz CT molecular complexity index is 1330. The Labute approximate surface area is 240 Å². The smallest absolute Gasteiger partial charge is 0.387 e. The van der Waals surface area contributed by atoms with Crippen LogP contribution in [0.2, 0.25) is 5.02 Å². The summed E-state index contributed by atoms with van der Waals surface area (Å²) in [6.45, 7) is -0.922. The van der Waals surface area contributed by atoms with E-state index in [0.29, 0.717) is 18.4 Å². The van der Waals surface area contributed by atoms with Crippen LogP contribution in [0.15, 0.2) is 47.6 Å². The summed E-state index contributed by atoms with van der Waals surface area (Å²) in [5.41, 5.74) is 7.18. The molecule has 1 fully saturated rings. The maximum Gasteiger partial charge on any atom is 0.387 e. The maximum absolute atomic E-state index is 12.7. The van der Waals surface area contributed by atoms with Crippen molar-refractivity contribution in [2.24, 2.45) is 10.9 Å². The van der Waals surface area contributed by atoms with Crippen molar-refractivity contribution in [3.63, 3.8) is 0 Å². The Kier molecular flexibility index (Phi) is 12.7. The number of hydrogen-bond acceptors (Lipinski definition) is 8. The molecule has 1 saturated heterocycles. The summed E-state index contributed by atoms with van der Waals surface area (Å²) in [6.07, 6.45) is -0.803. The highest BCUT2D eigenvalue weighted by atomic mass is 35.5. The van der Waals surface area contributed by atoms with Crippen LogP contribution in [0.4, 0.5) is 8.78 Å². The zero-order valence-corrected chi connectivity index (χ0v) is 23.7. The molecular weight excluding hydrogens is 590 g/mol. The molecule has 2 unspecified atom stereocenters. The predicted molar refractivity (Wildman–Crippen MR) is 146 cm³/mol. The van der Waals surface area contributed by atoms with Crippen molar-refractivity contribution in [2.45, 2.75) is 45.1 Å². The number of ether oxygens (including phenoxy) is 1. The van der Waals surface area contributed by atoms with E-state index in [2.05, 4.69) is 20.0 Å². The summed E-state index contributed by atoms with van der Waals surface area (Å²) in [6, 6.07) is 9.73. The fraction of sp³-hybridized carbons (Fsp3) is 0.400. The van der Waals surface area contributed by atoms with Gasteiger partial charge in [-0.05, 0) is 42.2 Å². The zero-order valence-electron chi connectivity index (χ0n) is 22.2. The second-order valence-electron chi connectivity index (χ2n) is 8.70. The summed E-state index contributed by atoms with van der Waals surface area (Å²) in [4.78, 5) is 31.2. The van der Waals surface area contributed by atoms with Crippen molar-refractivity contribution in [1.82, 2.24) is 10.2 Å². The molecule has 0 saturated carbocycles. The highest BCUT2D eigenvalue weighted by Gasteiger charge is 2.40. The molecule has 0 aliphatic carbocycles. The SMILES string of the molecule is CCCS(=O)(=O)O.CO/N=C(\N)c1ccc(CNC(=O)C2CCN2C(=O)C(O)c2cc(Cl)cc(OC(F)F)c2)cc1. The molecule has 41 heavy (non-hydrogen) atoms. The molecule has 1 aliphatic rings. The van der Waals surface area contributed by atoms with E-state index in [9.17, 15) is 31.9 Å². The third-order valence-corrected chi connectivity index (χ3v) is 6.78. The Morgan fingerprint density at radius 3 is 2.39 bits per heavy atom. The summed E-state index contributed by atoms with van der Waals surface area (Å²) in [5, 5.41) is 16.9. The van der Waals surface area contributed by atoms with Gasteiger partial charge in [-0.3, -0.25) is 14.1 Å². The largest absolute Gasteiger partial charge is 0.435 e. The minimum Gasteiger partial charge on any atom is -0.435 e. The normalized spacial score (nSPS) is 15.8. The first-order chi connectivity index (χ1) is 19.2. The lowest BCUT2D eigenvalue weighted by atomic mass is 9.98. The zero-order chi connectivity index (χ0) is 30.7. The number of amidine groups is 1. The van der Waals surface area contributed by atoms with E-state index in [1.807, 2.05) is 0 Å². The highest BCUT2D eigenvalue weighted by Crippen LogP contribution is 2.29. The fourth-order valence-corrected chi connectivity index (χ4v) is 4.40. The van der Waals surface area contributed by atoms with Crippen molar-refractivity contribution in [3.05, 3.63) is 64.2 Å². The maximum atomic E-state index is 12.7. The lowest BCUT2D eigenvalue weighted by Gasteiger charge is -2.40. The van der Waals surface area contributed by atoms with Gasteiger partial charge in [0.05, 0.1) is 5.75 Å². The molecule has 0 aromatic heterocycles. The number of benzene rings is 2. The van der Waals surface area contributed by atoms with Crippen molar-refractivity contribution in [1.29, 1.82) is 0 Å². The van der Waals surface area contributed by atoms with Crippen LogP contribution in [0.1, 0.15) is 42.6 Å². The van der Waals surface area contributed by atoms with E-state index in [0.717, 1.165) is 17.7 Å². The van der Waals surface area contributed by atoms with Crippen molar-refractivity contribution < 1.29 is 46.0 Å². The first-order valence-corrected chi connectivity index (χ1v) is 14.2. The Morgan fingerprint density at radius 1 is 1.24 bits per heavy atom. The molecule has 0 bridgehead atoms. The van der Waals surface area contributed by atoms with Crippen LogP contribution in [0.25, 0.3) is 0 Å². The molecule has 1 aliphatic heterocycles. The van der Waals surface area contributed by atoms with Crippen molar-refractivity contribution in [2.75, 3.05) is 19.4 Å². The Morgan fingerprint density at radius 2 is 1.90 bits per heavy atom. The number of carbonyl (C=O) groups excluding carboxylic acids is 2. The number of alkyl halides is 2. The van der Waals surface area contributed by atoms with E-state index < -0.39 is 34.8 Å². The number of nitrogens with two attached hydrogens (primary N) is 1. The van der Waals surface area contributed by atoms with Crippen LogP contribution < -0.4 is 15.8 Å². The number of oxime groups is 1. The Hall–Kier alpha value is -3.53. The van der Waals surface area contributed by atoms with Crippen LogP contribution in [0, 0.1) is 0 Å². The number of nitrogens with one attached hydrogen (secondary N) is 1. The van der Waals surface area contributed by atoms with Gasteiger partial charge in [0.15, 0.2) is 11.9 Å². The van der Waals surface area contributed by atoms with Crippen LogP contribution in [-0.2, 0) is 31.1 Å². The van der Waals surface area contributed by atoms with E-state index >= 15 is 0 Å². The van der Waals surface area contributed by atoms with Crippen molar-refractivity contribution in [3.8, 4) is 5.75 Å². The molecule has 2 atom stereocenters. The van der Waals surface area contributed by atoms with E-state index in [1.54, 1.807) is 31.2 Å². The molecule has 5 N–H and O–H groups in total. The van der Waals surface area contributed by atoms with Crippen LogP contribution >= 0.6 is 11.6 Å². The molecule has 2 amide bonds. The number of likely N-dealkylation sites (tertiary alicyclic amines) is 1. The molecule has 12 nitrogen and oxygen atoms in total. The average Bonchev–Trinajstić information content (AvgIpc) is 2.85. The lowest BCUT2D eigenvalue weighted by Crippen LogP contribution is -2.59. The fourth-order valence-electron chi connectivity index (χ4n) is 3.65. The van der Waals surface area contributed by atoms with Gasteiger partial charge < -0.3 is 30.6 Å². The van der Waals surface area contributed by atoms with Crippen molar-refractivity contribution >= 4 is 39.4 Å². The quantitative estimate of drug-likeness (QED) is 0.127. The van der Waals surface area contributed by atoms with Gasteiger partial charge in [0.1, 0.15) is 18.9 Å². The lowest BCUT2D eigenvalue weighted by molar-refractivity contribution is -0.154. The van der Waals surface area contributed by atoms with Gasteiger partial charge in [-0.2, -0.15) is 17.2 Å². The van der Waals surface area contributed by atoms with E-state index in [-0.39, 0.29) is 46.9 Å². The standard InChI is InChI=1S/C22H23ClF2N4O5.C3H8O3S/c1-33-28-19(26)13-4-2-12(3-5-13)11-27-20(31)17-6-7-29(17)21(32)18(30)14-8-15(23)10-16(9-14)34-22(24)25;1-2-3-7(4,5)6/h2-5,8-10,17-18,22,30H,6-7,11H2,1H3,(H2,26,28)(H,27,31);2-3H2,1H3,(H,4,5,6). The number of halogens is 3. The first kappa shape index (κ1) is 33.7. The highest BCUT2D eigenvalue weighted by molar-refractivity contribution is 7.85. The van der Waals surface area contributed by atoms with Gasteiger partial charge in [-0.1, -0.05) is 47.9 Å². The number of nitrogens with zero attached hydrogens (tertiary/aromatic N) is 2. The minimum atomic E-state index is -3.67. The summed E-state index contributed by atoms with van der Waals surface area (Å²) in [5.74, 6) is -1.33. The number of carbonyl (C=O) groups is 2. The van der Waals surface area contributed by atoms with Gasteiger partial charge in [0, 0.05) is 23.7 Å². The van der Waals surface area contributed by atoms with Crippen LogP contribution in [0.3, 0.4) is 0 Å². The molecule has 16 heteroatoms. The summed E-state index contributed by atoms with van der Waals surface area (Å²) in [7, 11) is -2.29. The van der Waals surface area contributed by atoms with Gasteiger partial charge in [0.25, 0.3) is 16.0 Å². The number of rotatable bonds is 11. The van der Waals surface area contributed by atoms with Gasteiger partial charge in [-0.25, -0.2) is 0 Å². The Balaban J connectivity index is 0.000000745. The summed E-state index contributed by atoms with van der Waals surface area (Å²) >= 11 is 5.89. The number of amides is 2. The second-order valence-corrected chi connectivity index (χ2v) is 10.7. The van der Waals surface area contributed by atoms with E-state index in [1.165, 1.54) is 18.1 Å². The third-order valence-electron chi connectivity index (χ3n) is 5.64. The molecule has 3 rings (SSSR count). The topological polar surface area (TPSA) is 181 Å². The van der Waals surface area contributed by atoms with Gasteiger partial charge >= 0.3 is 6.61 Å². The number of aliphatic hydroxyl groups excluding tert-OH is 1.